The smallest absolute Gasteiger partial charge is 0.211 e. The summed E-state index contributed by atoms with van der Waals surface area (Å²) in [6.45, 7) is 3.39. The van der Waals surface area contributed by atoms with Gasteiger partial charge >= 0.3 is 0 Å². The van der Waals surface area contributed by atoms with Gasteiger partial charge in [-0.2, -0.15) is 0 Å². The van der Waals surface area contributed by atoms with Crippen LogP contribution in [0.5, 0.6) is 0 Å². The van der Waals surface area contributed by atoms with Gasteiger partial charge in [-0.15, -0.1) is 0 Å². The molecule has 1 unspecified atom stereocenters. The standard InChI is InChI=1S/C13H26N2O3S/c16-19(17,11-6-12-3-7-14-8-4-12)15-9-5-13-2-1-10-18-13/h12-15H,1-11H2. The van der Waals surface area contributed by atoms with E-state index in [1.165, 1.54) is 0 Å². The first-order valence-electron chi connectivity index (χ1n) is 7.45. The van der Waals surface area contributed by atoms with Crippen molar-refractivity contribution in [3.63, 3.8) is 0 Å². The van der Waals surface area contributed by atoms with Crippen LogP contribution in [0.15, 0.2) is 0 Å². The number of hydrogen-bond acceptors (Lipinski definition) is 4. The fourth-order valence-electron chi connectivity index (χ4n) is 2.81. The molecule has 0 amide bonds. The van der Waals surface area contributed by atoms with Crippen LogP contribution in [-0.4, -0.2) is 46.5 Å². The molecule has 112 valence electrons. The Morgan fingerprint density at radius 2 is 1.95 bits per heavy atom. The molecule has 0 bridgehead atoms. The second-order valence-electron chi connectivity index (χ2n) is 5.62. The molecule has 2 aliphatic rings. The van der Waals surface area contributed by atoms with Gasteiger partial charge < -0.3 is 10.1 Å². The molecule has 1 atom stereocenters. The molecule has 2 N–H and O–H groups in total. The summed E-state index contributed by atoms with van der Waals surface area (Å²) in [5, 5.41) is 3.30. The highest BCUT2D eigenvalue weighted by Crippen LogP contribution is 2.17. The van der Waals surface area contributed by atoms with Crippen LogP contribution in [0.4, 0.5) is 0 Å². The zero-order valence-corrected chi connectivity index (χ0v) is 12.4. The van der Waals surface area contributed by atoms with Gasteiger partial charge in [0.25, 0.3) is 0 Å². The van der Waals surface area contributed by atoms with Gasteiger partial charge in [0.1, 0.15) is 0 Å². The zero-order valence-electron chi connectivity index (χ0n) is 11.6. The van der Waals surface area contributed by atoms with E-state index >= 15 is 0 Å². The number of rotatable bonds is 7. The number of piperidine rings is 1. The molecule has 2 aliphatic heterocycles. The lowest BCUT2D eigenvalue weighted by atomic mass is 9.96. The lowest BCUT2D eigenvalue weighted by Gasteiger charge is -2.22. The van der Waals surface area contributed by atoms with E-state index in [0.717, 1.165) is 58.2 Å². The lowest BCUT2D eigenvalue weighted by Crippen LogP contribution is -2.32. The second kappa shape index (κ2) is 7.57. The molecule has 2 saturated heterocycles. The van der Waals surface area contributed by atoms with E-state index in [1.807, 2.05) is 0 Å². The van der Waals surface area contributed by atoms with Crippen LogP contribution >= 0.6 is 0 Å². The summed E-state index contributed by atoms with van der Waals surface area (Å²) in [5.74, 6) is 0.833. The predicted octanol–water partition coefficient (Wildman–Crippen LogP) is 0.865. The maximum absolute atomic E-state index is 11.9. The highest BCUT2D eigenvalue weighted by Gasteiger charge is 2.19. The predicted molar refractivity (Wildman–Crippen MR) is 75.6 cm³/mol. The van der Waals surface area contributed by atoms with Gasteiger partial charge in [0, 0.05) is 13.2 Å². The van der Waals surface area contributed by atoms with Crippen LogP contribution in [0, 0.1) is 5.92 Å². The average Bonchev–Trinajstić information content (AvgIpc) is 2.91. The van der Waals surface area contributed by atoms with Crippen molar-refractivity contribution in [2.24, 2.45) is 5.92 Å². The summed E-state index contributed by atoms with van der Waals surface area (Å²) in [4.78, 5) is 0. The molecule has 0 saturated carbocycles. The Kier molecular flexibility index (Phi) is 6.06. The Hall–Kier alpha value is -0.170. The average molecular weight is 290 g/mol. The Labute approximate surface area is 116 Å². The summed E-state index contributed by atoms with van der Waals surface area (Å²) in [5.41, 5.74) is 0. The minimum atomic E-state index is -3.10. The lowest BCUT2D eigenvalue weighted by molar-refractivity contribution is 0.105. The zero-order chi connectivity index (χ0) is 13.6. The van der Waals surface area contributed by atoms with Crippen molar-refractivity contribution < 1.29 is 13.2 Å². The van der Waals surface area contributed by atoms with E-state index in [1.54, 1.807) is 0 Å². The molecule has 0 spiro atoms. The second-order valence-corrected chi connectivity index (χ2v) is 7.55. The van der Waals surface area contributed by atoms with Crippen molar-refractivity contribution in [3.05, 3.63) is 0 Å². The quantitative estimate of drug-likeness (QED) is 0.730. The van der Waals surface area contributed by atoms with Crippen molar-refractivity contribution in [2.75, 3.05) is 32.0 Å². The van der Waals surface area contributed by atoms with E-state index < -0.39 is 10.0 Å². The molecule has 0 aliphatic carbocycles. The van der Waals surface area contributed by atoms with Crippen molar-refractivity contribution in [1.29, 1.82) is 0 Å². The van der Waals surface area contributed by atoms with E-state index in [0.29, 0.717) is 12.5 Å². The molecule has 2 heterocycles. The van der Waals surface area contributed by atoms with E-state index in [4.69, 9.17) is 4.74 Å². The Morgan fingerprint density at radius 1 is 1.16 bits per heavy atom. The van der Waals surface area contributed by atoms with Gasteiger partial charge in [-0.25, -0.2) is 13.1 Å². The van der Waals surface area contributed by atoms with Gasteiger partial charge in [-0.1, -0.05) is 0 Å². The Balaban J connectivity index is 1.60. The number of ether oxygens (including phenoxy) is 1. The molecular weight excluding hydrogens is 264 g/mol. The molecule has 6 heteroatoms. The first-order valence-corrected chi connectivity index (χ1v) is 9.10. The van der Waals surface area contributed by atoms with Crippen molar-refractivity contribution >= 4 is 10.0 Å². The highest BCUT2D eigenvalue weighted by molar-refractivity contribution is 7.89. The third-order valence-corrected chi connectivity index (χ3v) is 5.48. The third-order valence-electron chi connectivity index (χ3n) is 4.07. The van der Waals surface area contributed by atoms with Crippen LogP contribution < -0.4 is 10.0 Å². The minimum Gasteiger partial charge on any atom is -0.378 e. The summed E-state index contributed by atoms with van der Waals surface area (Å²) < 4.78 is 31.9. The molecule has 0 aromatic heterocycles. The summed E-state index contributed by atoms with van der Waals surface area (Å²) in [7, 11) is -3.10. The molecule has 0 aromatic carbocycles. The van der Waals surface area contributed by atoms with Gasteiger partial charge in [-0.05, 0) is 57.5 Å². The van der Waals surface area contributed by atoms with Gasteiger partial charge in [-0.3, -0.25) is 0 Å². The van der Waals surface area contributed by atoms with Crippen LogP contribution in [0.1, 0.15) is 38.5 Å². The van der Waals surface area contributed by atoms with Crippen LogP contribution in [0.25, 0.3) is 0 Å². The first-order chi connectivity index (χ1) is 9.16. The topological polar surface area (TPSA) is 67.4 Å². The maximum Gasteiger partial charge on any atom is 0.211 e. The van der Waals surface area contributed by atoms with Gasteiger partial charge in [0.15, 0.2) is 0 Å². The van der Waals surface area contributed by atoms with E-state index in [9.17, 15) is 8.42 Å². The molecule has 19 heavy (non-hydrogen) atoms. The first kappa shape index (κ1) is 15.2. The monoisotopic (exact) mass is 290 g/mol. The van der Waals surface area contributed by atoms with E-state index in [-0.39, 0.29) is 11.9 Å². The highest BCUT2D eigenvalue weighted by atomic mass is 32.2. The fourth-order valence-corrected chi connectivity index (χ4v) is 4.03. The Morgan fingerprint density at radius 3 is 2.63 bits per heavy atom. The summed E-state index contributed by atoms with van der Waals surface area (Å²) >= 11 is 0. The van der Waals surface area contributed by atoms with Crippen molar-refractivity contribution in [3.8, 4) is 0 Å². The third kappa shape index (κ3) is 5.77. The maximum atomic E-state index is 11.9. The number of sulfonamides is 1. The molecule has 2 fully saturated rings. The number of nitrogens with one attached hydrogen (secondary N) is 2. The SMILES string of the molecule is O=S(=O)(CCC1CCNCC1)NCCC1CCCO1. The van der Waals surface area contributed by atoms with Crippen LogP contribution in [0.2, 0.25) is 0 Å². The van der Waals surface area contributed by atoms with Crippen LogP contribution in [0.3, 0.4) is 0 Å². The van der Waals surface area contributed by atoms with Crippen molar-refractivity contribution in [2.45, 2.75) is 44.6 Å². The number of hydrogen-bond donors (Lipinski definition) is 2. The van der Waals surface area contributed by atoms with Gasteiger partial charge in [0.05, 0.1) is 11.9 Å². The Bertz CT molecular complexity index is 347. The summed E-state index contributed by atoms with van der Waals surface area (Å²) in [6.07, 6.45) is 6.22. The molecule has 0 aromatic rings. The largest absolute Gasteiger partial charge is 0.378 e. The summed E-state index contributed by atoms with van der Waals surface area (Å²) in [6, 6.07) is 0. The fraction of sp³-hybridized carbons (Fsp3) is 1.00. The van der Waals surface area contributed by atoms with Crippen molar-refractivity contribution in [1.82, 2.24) is 10.0 Å². The molecular formula is C13H26N2O3S. The normalized spacial score (nSPS) is 25.8. The minimum absolute atomic E-state index is 0.257. The molecule has 2 rings (SSSR count). The molecule has 0 radical (unpaired) electrons. The van der Waals surface area contributed by atoms with Gasteiger partial charge in [0.2, 0.25) is 10.0 Å². The van der Waals surface area contributed by atoms with E-state index in [2.05, 4.69) is 10.0 Å². The van der Waals surface area contributed by atoms with Crippen LogP contribution in [-0.2, 0) is 14.8 Å². The molecule has 5 nitrogen and oxygen atoms in total.